The molecule has 0 fully saturated rings. The predicted octanol–water partition coefficient (Wildman–Crippen LogP) is 5.67. The van der Waals surface area contributed by atoms with E-state index in [1.54, 1.807) is 0 Å². The van der Waals surface area contributed by atoms with Crippen LogP contribution in [0.2, 0.25) is 0 Å². The van der Waals surface area contributed by atoms with E-state index in [2.05, 4.69) is 0 Å². The maximum Gasteiger partial charge on any atom is 0.419 e. The molecule has 0 saturated heterocycles. The number of rotatable bonds is 1. The summed E-state index contributed by atoms with van der Waals surface area (Å²) in [4.78, 5) is 0. The van der Waals surface area contributed by atoms with Crippen molar-refractivity contribution in [1.82, 2.24) is 0 Å². The lowest BCUT2D eigenvalue weighted by atomic mass is 10.0. The lowest BCUT2D eigenvalue weighted by molar-refractivity contribution is -0.140. The van der Waals surface area contributed by atoms with E-state index in [0.717, 1.165) is 6.07 Å². The number of alkyl halides is 6. The highest BCUT2D eigenvalue weighted by molar-refractivity contribution is 5.65. The Kier molecular flexibility index (Phi) is 3.88. The monoisotopic (exact) mass is 326 g/mol. The smallest absolute Gasteiger partial charge is 0.206 e. The topological polar surface area (TPSA) is 0 Å². The van der Waals surface area contributed by atoms with Crippen LogP contribution in [0, 0.1) is 11.6 Å². The molecule has 0 bridgehead atoms. The summed E-state index contributed by atoms with van der Waals surface area (Å²) in [7, 11) is 0. The van der Waals surface area contributed by atoms with Crippen molar-refractivity contribution in [3.63, 3.8) is 0 Å². The fourth-order valence-corrected chi connectivity index (χ4v) is 1.84. The van der Waals surface area contributed by atoms with Crippen LogP contribution in [-0.2, 0) is 12.4 Å². The zero-order valence-electron chi connectivity index (χ0n) is 10.5. The van der Waals surface area contributed by atoms with E-state index < -0.39 is 40.7 Å². The van der Waals surface area contributed by atoms with Crippen LogP contribution in [0.25, 0.3) is 11.1 Å². The highest BCUT2D eigenvalue weighted by atomic mass is 19.4. The van der Waals surface area contributed by atoms with Crippen LogP contribution in [0.3, 0.4) is 0 Å². The van der Waals surface area contributed by atoms with E-state index in [0.29, 0.717) is 24.3 Å². The molecule has 0 amide bonds. The van der Waals surface area contributed by atoms with Gasteiger partial charge >= 0.3 is 12.4 Å². The summed E-state index contributed by atoms with van der Waals surface area (Å²) in [5.74, 6) is -2.90. The van der Waals surface area contributed by atoms with E-state index in [1.165, 1.54) is 0 Å². The Labute approximate surface area is 119 Å². The van der Waals surface area contributed by atoms with Gasteiger partial charge in [0.25, 0.3) is 0 Å². The number of benzene rings is 2. The van der Waals surface area contributed by atoms with Gasteiger partial charge in [-0.2, -0.15) is 26.3 Å². The summed E-state index contributed by atoms with van der Waals surface area (Å²) in [6, 6.07) is 3.10. The fourth-order valence-electron chi connectivity index (χ4n) is 1.84. The van der Waals surface area contributed by atoms with Gasteiger partial charge in [0.15, 0.2) is 0 Å². The van der Waals surface area contributed by atoms with Crippen molar-refractivity contribution >= 4 is 0 Å². The molecule has 0 nitrogen and oxygen atoms in total. The first kappa shape index (κ1) is 16.3. The molecule has 2 rings (SSSR count). The summed E-state index contributed by atoms with van der Waals surface area (Å²) in [5.41, 5.74) is -3.75. The van der Waals surface area contributed by atoms with Crippen LogP contribution < -0.4 is 0 Å². The highest BCUT2D eigenvalue weighted by Crippen LogP contribution is 2.36. The molecule has 22 heavy (non-hydrogen) atoms. The van der Waals surface area contributed by atoms with Gasteiger partial charge in [-0.25, -0.2) is 8.78 Å². The van der Waals surface area contributed by atoms with Crippen molar-refractivity contribution in [2.24, 2.45) is 0 Å². The maximum atomic E-state index is 13.7. The second-order valence-electron chi connectivity index (χ2n) is 4.38. The first-order chi connectivity index (χ1) is 10.00. The average molecular weight is 326 g/mol. The first-order valence-electron chi connectivity index (χ1n) is 5.74. The molecule has 0 radical (unpaired) electrons. The lowest BCUT2D eigenvalue weighted by Gasteiger charge is -2.12. The summed E-state index contributed by atoms with van der Waals surface area (Å²) in [6.07, 6.45) is -9.78. The second kappa shape index (κ2) is 5.26. The molecule has 0 aliphatic rings. The van der Waals surface area contributed by atoms with Gasteiger partial charge in [0, 0.05) is 5.56 Å². The molecule has 0 N–H and O–H groups in total. The van der Waals surface area contributed by atoms with Gasteiger partial charge in [0.05, 0.1) is 11.1 Å². The third kappa shape index (κ3) is 3.20. The minimum atomic E-state index is -5.00. The molecule has 0 aliphatic carbocycles. The maximum absolute atomic E-state index is 13.7. The van der Waals surface area contributed by atoms with E-state index in [9.17, 15) is 35.1 Å². The van der Waals surface area contributed by atoms with Crippen LogP contribution in [0.5, 0.6) is 0 Å². The first-order valence-corrected chi connectivity index (χ1v) is 5.74. The van der Waals surface area contributed by atoms with Crippen LogP contribution >= 0.6 is 0 Å². The number of hydrogen-bond acceptors (Lipinski definition) is 0. The second-order valence-corrected chi connectivity index (χ2v) is 4.38. The summed E-state index contributed by atoms with van der Waals surface area (Å²) >= 11 is 0. The summed E-state index contributed by atoms with van der Waals surface area (Å²) in [5, 5.41) is 0. The lowest BCUT2D eigenvalue weighted by Crippen LogP contribution is -2.08. The van der Waals surface area contributed by atoms with Crippen molar-refractivity contribution in [2.45, 2.75) is 12.4 Å². The van der Waals surface area contributed by atoms with Crippen molar-refractivity contribution in [3.05, 3.63) is 59.2 Å². The zero-order valence-corrected chi connectivity index (χ0v) is 10.5. The third-order valence-corrected chi connectivity index (χ3v) is 2.88. The quantitative estimate of drug-likeness (QED) is 0.592. The molecule has 0 atom stereocenters. The molecule has 0 spiro atoms. The van der Waals surface area contributed by atoms with E-state index in [-0.39, 0.29) is 11.6 Å². The summed E-state index contributed by atoms with van der Waals surface area (Å²) in [6.45, 7) is 0. The van der Waals surface area contributed by atoms with Gasteiger partial charge in [-0.05, 0) is 29.8 Å². The van der Waals surface area contributed by atoms with E-state index in [4.69, 9.17) is 0 Å². The van der Waals surface area contributed by atoms with Gasteiger partial charge < -0.3 is 0 Å². The van der Waals surface area contributed by atoms with E-state index >= 15 is 0 Å². The summed E-state index contributed by atoms with van der Waals surface area (Å²) < 4.78 is 102. The fraction of sp³-hybridized carbons (Fsp3) is 0.143. The molecule has 2 aromatic carbocycles. The molecule has 0 unspecified atom stereocenters. The largest absolute Gasteiger partial charge is 0.419 e. The Bertz CT molecular complexity index is 697. The standard InChI is InChI=1S/C14H6F8/c15-11-4-1-7(5-10(11)14(20,21)22)9-3-2-8(6-12(9)16)13(17,18)19/h1-6H. The van der Waals surface area contributed by atoms with E-state index in [1.807, 2.05) is 0 Å². The minimum absolute atomic E-state index is 0.173. The van der Waals surface area contributed by atoms with Gasteiger partial charge in [0.1, 0.15) is 11.6 Å². The molecular formula is C14H6F8. The predicted molar refractivity (Wildman–Crippen MR) is 61.8 cm³/mol. The third-order valence-electron chi connectivity index (χ3n) is 2.88. The molecule has 0 aromatic heterocycles. The Morgan fingerprint density at radius 3 is 1.77 bits per heavy atom. The Morgan fingerprint density at radius 2 is 1.27 bits per heavy atom. The van der Waals surface area contributed by atoms with Crippen molar-refractivity contribution in [1.29, 1.82) is 0 Å². The van der Waals surface area contributed by atoms with Crippen LogP contribution in [0.4, 0.5) is 35.1 Å². The highest BCUT2D eigenvalue weighted by Gasteiger charge is 2.35. The molecule has 8 heteroatoms. The van der Waals surface area contributed by atoms with Crippen LogP contribution in [0.15, 0.2) is 36.4 Å². The van der Waals surface area contributed by atoms with Crippen LogP contribution in [0.1, 0.15) is 11.1 Å². The van der Waals surface area contributed by atoms with Crippen molar-refractivity contribution in [3.8, 4) is 11.1 Å². The Hall–Kier alpha value is -2.12. The van der Waals surface area contributed by atoms with Gasteiger partial charge in [0.2, 0.25) is 0 Å². The zero-order chi connectivity index (χ0) is 16.7. The van der Waals surface area contributed by atoms with Crippen LogP contribution in [-0.4, -0.2) is 0 Å². The van der Waals surface area contributed by atoms with Crippen molar-refractivity contribution in [2.75, 3.05) is 0 Å². The number of hydrogen-bond donors (Lipinski definition) is 0. The normalized spacial score (nSPS) is 12.5. The molecule has 0 saturated carbocycles. The van der Waals surface area contributed by atoms with Gasteiger partial charge in [-0.15, -0.1) is 0 Å². The molecule has 118 valence electrons. The minimum Gasteiger partial charge on any atom is -0.206 e. The average Bonchev–Trinajstić information content (AvgIpc) is 2.37. The SMILES string of the molecule is Fc1cc(C(F)(F)F)ccc1-c1ccc(F)c(C(F)(F)F)c1. The molecule has 2 aromatic rings. The molecular weight excluding hydrogens is 320 g/mol. The molecule has 0 heterocycles. The Balaban J connectivity index is 2.54. The molecule has 0 aliphatic heterocycles. The Morgan fingerprint density at radius 1 is 0.636 bits per heavy atom. The van der Waals surface area contributed by atoms with Gasteiger partial charge in [-0.1, -0.05) is 12.1 Å². The van der Waals surface area contributed by atoms with Crippen molar-refractivity contribution < 1.29 is 35.1 Å². The van der Waals surface area contributed by atoms with Gasteiger partial charge in [-0.3, -0.25) is 0 Å². The number of halogens is 8.